The lowest BCUT2D eigenvalue weighted by Gasteiger charge is -2.08. The third-order valence-corrected chi connectivity index (χ3v) is 3.69. The lowest BCUT2D eigenvalue weighted by molar-refractivity contribution is 0.561. The molecule has 3 rings (SSSR count). The largest absolute Gasteiger partial charge is 0.232 e. The normalized spacial score (nSPS) is 17.9. The minimum atomic E-state index is 0.418. The second-order valence-corrected chi connectivity index (χ2v) is 5.58. The molecule has 0 spiro atoms. The molecule has 3 nitrogen and oxygen atoms in total. The van der Waals surface area contributed by atoms with Crippen LogP contribution >= 0.6 is 23.2 Å². The average molecular weight is 256 g/mol. The van der Waals surface area contributed by atoms with Gasteiger partial charge in [0.1, 0.15) is 10.2 Å². The molecule has 2 heterocycles. The van der Waals surface area contributed by atoms with Gasteiger partial charge < -0.3 is 0 Å². The van der Waals surface area contributed by atoms with Crippen molar-refractivity contribution in [2.75, 3.05) is 0 Å². The molecule has 5 heteroatoms. The molecule has 2 aromatic heterocycles. The van der Waals surface area contributed by atoms with Crippen LogP contribution in [-0.4, -0.2) is 14.6 Å². The second kappa shape index (κ2) is 3.34. The minimum absolute atomic E-state index is 0.418. The summed E-state index contributed by atoms with van der Waals surface area (Å²) in [4.78, 5) is 4.51. The van der Waals surface area contributed by atoms with Gasteiger partial charge in [-0.25, -0.2) is 9.50 Å². The van der Waals surface area contributed by atoms with E-state index in [0.29, 0.717) is 21.2 Å². The lowest BCUT2D eigenvalue weighted by Crippen LogP contribution is -2.04. The lowest BCUT2D eigenvalue weighted by atomic mass is 10.0. The third kappa shape index (κ3) is 1.68. The first kappa shape index (κ1) is 10.4. The number of fused-ring (bicyclic) bond motifs is 1. The standard InChI is InChI=1S/C11H11Cl2N3/c1-11(2-3-11)5-7-4-9(13)16-10(15-7)8(12)6-14-16/h4,6H,2-3,5H2,1H3. The van der Waals surface area contributed by atoms with Crippen LogP contribution in [0.2, 0.25) is 10.2 Å². The topological polar surface area (TPSA) is 30.2 Å². The van der Waals surface area contributed by atoms with Crippen LogP contribution in [0.3, 0.4) is 0 Å². The third-order valence-electron chi connectivity index (χ3n) is 3.15. The minimum Gasteiger partial charge on any atom is -0.232 e. The van der Waals surface area contributed by atoms with Gasteiger partial charge in [-0.05, 0) is 30.7 Å². The monoisotopic (exact) mass is 255 g/mol. The van der Waals surface area contributed by atoms with E-state index >= 15 is 0 Å². The highest BCUT2D eigenvalue weighted by Gasteiger charge is 2.37. The summed E-state index contributed by atoms with van der Waals surface area (Å²) in [7, 11) is 0. The molecule has 0 bridgehead atoms. The molecule has 0 aliphatic heterocycles. The van der Waals surface area contributed by atoms with Crippen LogP contribution in [-0.2, 0) is 6.42 Å². The van der Waals surface area contributed by atoms with Gasteiger partial charge in [0, 0.05) is 5.69 Å². The number of rotatable bonds is 2. The quantitative estimate of drug-likeness (QED) is 0.771. The van der Waals surface area contributed by atoms with E-state index in [1.165, 1.54) is 12.8 Å². The number of aromatic nitrogens is 3. The van der Waals surface area contributed by atoms with Gasteiger partial charge in [-0.15, -0.1) is 0 Å². The fourth-order valence-corrected chi connectivity index (χ4v) is 2.28. The Morgan fingerprint density at radius 3 is 2.88 bits per heavy atom. The van der Waals surface area contributed by atoms with E-state index in [1.54, 1.807) is 10.7 Å². The maximum absolute atomic E-state index is 6.13. The van der Waals surface area contributed by atoms with Crippen molar-refractivity contribution in [3.63, 3.8) is 0 Å². The Bertz CT molecular complexity index is 558. The average Bonchev–Trinajstić information content (AvgIpc) is 2.81. The Balaban J connectivity index is 2.08. The zero-order chi connectivity index (χ0) is 11.3. The predicted molar refractivity (Wildman–Crippen MR) is 64.1 cm³/mol. The van der Waals surface area contributed by atoms with Crippen LogP contribution in [0, 0.1) is 5.41 Å². The van der Waals surface area contributed by atoms with Crippen LogP contribution in [0.4, 0.5) is 0 Å². The molecule has 0 atom stereocenters. The Kier molecular flexibility index (Phi) is 2.17. The zero-order valence-corrected chi connectivity index (χ0v) is 10.4. The van der Waals surface area contributed by atoms with E-state index in [-0.39, 0.29) is 0 Å². The smallest absolute Gasteiger partial charge is 0.175 e. The van der Waals surface area contributed by atoms with Gasteiger partial charge in [0.25, 0.3) is 0 Å². The molecule has 1 fully saturated rings. The fourth-order valence-electron chi connectivity index (χ4n) is 1.86. The summed E-state index contributed by atoms with van der Waals surface area (Å²) in [6.07, 6.45) is 5.07. The summed E-state index contributed by atoms with van der Waals surface area (Å²) in [5.74, 6) is 0. The fraction of sp³-hybridized carbons (Fsp3) is 0.455. The Morgan fingerprint density at radius 2 is 2.19 bits per heavy atom. The molecule has 0 radical (unpaired) electrons. The van der Waals surface area contributed by atoms with Crippen molar-refractivity contribution in [1.29, 1.82) is 0 Å². The molecule has 0 amide bonds. The highest BCUT2D eigenvalue weighted by molar-refractivity contribution is 6.34. The van der Waals surface area contributed by atoms with Crippen LogP contribution in [0.1, 0.15) is 25.5 Å². The highest BCUT2D eigenvalue weighted by Crippen LogP contribution is 2.47. The first-order valence-electron chi connectivity index (χ1n) is 5.26. The van der Waals surface area contributed by atoms with Gasteiger partial charge in [0.05, 0.1) is 6.20 Å². The molecule has 0 unspecified atom stereocenters. The maximum atomic E-state index is 6.13. The molecule has 16 heavy (non-hydrogen) atoms. The van der Waals surface area contributed by atoms with Gasteiger partial charge >= 0.3 is 0 Å². The van der Waals surface area contributed by atoms with Crippen molar-refractivity contribution >= 4 is 28.8 Å². The van der Waals surface area contributed by atoms with Crippen molar-refractivity contribution in [3.8, 4) is 0 Å². The molecule has 2 aromatic rings. The molecule has 1 saturated carbocycles. The van der Waals surface area contributed by atoms with Gasteiger partial charge in [-0.2, -0.15) is 5.10 Å². The van der Waals surface area contributed by atoms with Crippen molar-refractivity contribution in [3.05, 3.63) is 28.1 Å². The Hall–Kier alpha value is -0.800. The van der Waals surface area contributed by atoms with E-state index in [4.69, 9.17) is 23.2 Å². The van der Waals surface area contributed by atoms with Crippen molar-refractivity contribution in [1.82, 2.24) is 14.6 Å². The molecule has 1 aliphatic rings. The summed E-state index contributed by atoms with van der Waals surface area (Å²) in [6, 6.07) is 1.88. The highest BCUT2D eigenvalue weighted by atomic mass is 35.5. The van der Waals surface area contributed by atoms with Gasteiger partial charge in [-0.3, -0.25) is 0 Å². The predicted octanol–water partition coefficient (Wildman–Crippen LogP) is 3.38. The number of nitrogens with zero attached hydrogens (tertiary/aromatic N) is 3. The summed E-state index contributed by atoms with van der Waals surface area (Å²) in [6.45, 7) is 2.27. The van der Waals surface area contributed by atoms with Crippen molar-refractivity contribution in [2.45, 2.75) is 26.2 Å². The van der Waals surface area contributed by atoms with Crippen molar-refractivity contribution in [2.24, 2.45) is 5.41 Å². The number of hydrogen-bond donors (Lipinski definition) is 0. The van der Waals surface area contributed by atoms with Crippen LogP contribution < -0.4 is 0 Å². The molecule has 84 valence electrons. The van der Waals surface area contributed by atoms with Gasteiger partial charge in [0.2, 0.25) is 0 Å². The SMILES string of the molecule is CC1(Cc2cc(Cl)n3ncc(Cl)c3n2)CC1. The van der Waals surface area contributed by atoms with Crippen LogP contribution in [0.25, 0.3) is 5.65 Å². The molecular formula is C11H11Cl2N3. The summed E-state index contributed by atoms with van der Waals surface area (Å²) in [5.41, 5.74) is 2.06. The molecule has 0 aromatic carbocycles. The van der Waals surface area contributed by atoms with E-state index in [9.17, 15) is 0 Å². The maximum Gasteiger partial charge on any atom is 0.175 e. The summed E-state index contributed by atoms with van der Waals surface area (Å²) in [5, 5.41) is 5.17. The van der Waals surface area contributed by atoms with Gasteiger partial charge in [-0.1, -0.05) is 30.1 Å². The van der Waals surface area contributed by atoms with E-state index < -0.39 is 0 Å². The van der Waals surface area contributed by atoms with Crippen LogP contribution in [0.15, 0.2) is 12.3 Å². The first-order valence-corrected chi connectivity index (χ1v) is 6.02. The molecule has 1 aliphatic carbocycles. The molecule has 0 saturated heterocycles. The summed E-state index contributed by atoms with van der Waals surface area (Å²) < 4.78 is 1.56. The molecular weight excluding hydrogens is 245 g/mol. The van der Waals surface area contributed by atoms with Crippen molar-refractivity contribution < 1.29 is 0 Å². The molecule has 0 N–H and O–H groups in total. The second-order valence-electron chi connectivity index (χ2n) is 4.79. The van der Waals surface area contributed by atoms with E-state index in [0.717, 1.165) is 12.1 Å². The Morgan fingerprint density at radius 1 is 1.44 bits per heavy atom. The van der Waals surface area contributed by atoms with Crippen LogP contribution in [0.5, 0.6) is 0 Å². The van der Waals surface area contributed by atoms with Gasteiger partial charge in [0.15, 0.2) is 5.65 Å². The summed E-state index contributed by atoms with van der Waals surface area (Å²) >= 11 is 12.1. The number of hydrogen-bond acceptors (Lipinski definition) is 2. The first-order chi connectivity index (χ1) is 7.57. The zero-order valence-electron chi connectivity index (χ0n) is 8.87. The van der Waals surface area contributed by atoms with E-state index in [2.05, 4.69) is 17.0 Å². The number of halogens is 2. The Labute approximate surface area is 103 Å². The van der Waals surface area contributed by atoms with E-state index in [1.807, 2.05) is 6.07 Å².